The number of nitrogens with two attached hydrogens (primary N) is 1. The van der Waals surface area contributed by atoms with E-state index < -0.39 is 24.5 Å². The second kappa shape index (κ2) is 7.62. The third-order valence-electron chi connectivity index (χ3n) is 5.49. The number of rotatable bonds is 5. The number of nitrogen functional groups attached to an aromatic ring is 1. The van der Waals surface area contributed by atoms with Gasteiger partial charge in [0.1, 0.15) is 30.2 Å². The lowest BCUT2D eigenvalue weighted by molar-refractivity contribution is -0.0342. The summed E-state index contributed by atoms with van der Waals surface area (Å²) >= 11 is 0. The SMILES string of the molecule is Nc1ncnc2c1ncn2[C@@H]1O[C@H](CNCc2ccc3ccccc3c2)[C@@H](O)[C@H]1O. The summed E-state index contributed by atoms with van der Waals surface area (Å²) < 4.78 is 7.52. The predicted octanol–water partition coefficient (Wildman–Crippen LogP) is 0.971. The third-order valence-corrected chi connectivity index (χ3v) is 5.49. The summed E-state index contributed by atoms with van der Waals surface area (Å²) in [5.41, 5.74) is 7.83. The maximum Gasteiger partial charge on any atom is 0.167 e. The first-order valence-electron chi connectivity index (χ1n) is 9.75. The van der Waals surface area contributed by atoms with Gasteiger partial charge in [0.05, 0.1) is 6.33 Å². The summed E-state index contributed by atoms with van der Waals surface area (Å²) in [5, 5.41) is 26.7. The fourth-order valence-corrected chi connectivity index (χ4v) is 3.89. The molecule has 1 saturated heterocycles. The minimum absolute atomic E-state index is 0.250. The number of hydrogen-bond acceptors (Lipinski definition) is 8. The van der Waals surface area contributed by atoms with Gasteiger partial charge in [-0.1, -0.05) is 36.4 Å². The molecule has 2 aromatic carbocycles. The van der Waals surface area contributed by atoms with Crippen molar-refractivity contribution in [2.75, 3.05) is 12.3 Å². The third kappa shape index (κ3) is 3.27. The van der Waals surface area contributed by atoms with Crippen molar-refractivity contribution >= 4 is 27.8 Å². The van der Waals surface area contributed by atoms with Gasteiger partial charge in [0.15, 0.2) is 17.7 Å². The van der Waals surface area contributed by atoms with Crippen LogP contribution >= 0.6 is 0 Å². The van der Waals surface area contributed by atoms with Crippen molar-refractivity contribution in [2.45, 2.75) is 31.1 Å². The van der Waals surface area contributed by atoms with E-state index in [1.165, 1.54) is 23.4 Å². The first-order valence-corrected chi connectivity index (χ1v) is 9.75. The lowest BCUT2D eigenvalue weighted by atomic mass is 10.1. The molecular formula is C21H22N6O3. The first kappa shape index (κ1) is 18.9. The molecule has 30 heavy (non-hydrogen) atoms. The quantitative estimate of drug-likeness (QED) is 0.386. The molecule has 2 aromatic heterocycles. The lowest BCUT2D eigenvalue weighted by Crippen LogP contribution is -2.37. The molecule has 0 spiro atoms. The van der Waals surface area contributed by atoms with Gasteiger partial charge in [-0.3, -0.25) is 4.57 Å². The maximum absolute atomic E-state index is 10.5. The van der Waals surface area contributed by atoms with Crippen LogP contribution in [-0.2, 0) is 11.3 Å². The largest absolute Gasteiger partial charge is 0.387 e. The molecule has 3 heterocycles. The Kier molecular flexibility index (Phi) is 4.80. The summed E-state index contributed by atoms with van der Waals surface area (Å²) in [6.07, 6.45) is -0.743. The number of hydrogen-bond donors (Lipinski definition) is 4. The van der Waals surface area contributed by atoms with Crippen LogP contribution in [0.5, 0.6) is 0 Å². The van der Waals surface area contributed by atoms with Crippen LogP contribution in [0.2, 0.25) is 0 Å². The van der Waals surface area contributed by atoms with Gasteiger partial charge in [0, 0.05) is 13.1 Å². The van der Waals surface area contributed by atoms with Crippen LogP contribution in [-0.4, -0.2) is 54.6 Å². The molecule has 0 unspecified atom stereocenters. The van der Waals surface area contributed by atoms with Crippen LogP contribution in [0.1, 0.15) is 11.8 Å². The van der Waals surface area contributed by atoms with Gasteiger partial charge in [-0.05, 0) is 22.4 Å². The van der Waals surface area contributed by atoms with E-state index in [2.05, 4.69) is 50.6 Å². The number of aliphatic hydroxyl groups is 2. The molecular weight excluding hydrogens is 384 g/mol. The summed E-state index contributed by atoms with van der Waals surface area (Å²) in [6, 6.07) is 14.5. The van der Waals surface area contributed by atoms with Crippen molar-refractivity contribution in [1.29, 1.82) is 0 Å². The molecule has 1 aliphatic heterocycles. The Hall–Kier alpha value is -3.11. The lowest BCUT2D eigenvalue weighted by Gasteiger charge is -2.16. The first-order chi connectivity index (χ1) is 14.6. The van der Waals surface area contributed by atoms with E-state index in [0.717, 1.165) is 5.56 Å². The van der Waals surface area contributed by atoms with Crippen LogP contribution < -0.4 is 11.1 Å². The van der Waals surface area contributed by atoms with E-state index in [1.807, 2.05) is 12.1 Å². The molecule has 0 saturated carbocycles. The van der Waals surface area contributed by atoms with Crippen molar-refractivity contribution in [2.24, 2.45) is 0 Å². The zero-order valence-corrected chi connectivity index (χ0v) is 16.1. The number of ether oxygens (including phenoxy) is 1. The van der Waals surface area contributed by atoms with Crippen LogP contribution in [0.25, 0.3) is 21.9 Å². The molecule has 1 fully saturated rings. The standard InChI is InChI=1S/C21H22N6O3/c22-19-16-20(25-10-24-19)27(11-26-16)21-18(29)17(28)15(30-21)9-23-8-12-5-6-13-3-1-2-4-14(13)7-12/h1-7,10-11,15,17-18,21,23,28-29H,8-9H2,(H2,22,24,25)/t15-,17-,18-,21-/m1/s1. The molecule has 5 N–H and O–H groups in total. The smallest absolute Gasteiger partial charge is 0.167 e. The van der Waals surface area contributed by atoms with E-state index in [-0.39, 0.29) is 5.82 Å². The Bertz CT molecular complexity index is 1200. The van der Waals surface area contributed by atoms with Crippen molar-refractivity contribution in [3.05, 3.63) is 60.7 Å². The highest BCUT2D eigenvalue weighted by atomic mass is 16.6. The molecule has 0 radical (unpaired) electrons. The van der Waals surface area contributed by atoms with Crippen molar-refractivity contribution in [1.82, 2.24) is 24.8 Å². The molecule has 5 rings (SSSR count). The number of anilines is 1. The Morgan fingerprint density at radius 2 is 1.87 bits per heavy atom. The molecule has 0 amide bonds. The summed E-state index contributed by atoms with van der Waals surface area (Å²) in [6.45, 7) is 1.00. The van der Waals surface area contributed by atoms with Crippen molar-refractivity contribution in [3.63, 3.8) is 0 Å². The van der Waals surface area contributed by atoms with Crippen LogP contribution in [0.4, 0.5) is 5.82 Å². The Morgan fingerprint density at radius 1 is 1.03 bits per heavy atom. The van der Waals surface area contributed by atoms with Crippen molar-refractivity contribution < 1.29 is 14.9 Å². The van der Waals surface area contributed by atoms with Gasteiger partial charge in [-0.25, -0.2) is 15.0 Å². The molecule has 0 bridgehead atoms. The fourth-order valence-electron chi connectivity index (χ4n) is 3.89. The van der Waals surface area contributed by atoms with Gasteiger partial charge in [0.2, 0.25) is 0 Å². The highest BCUT2D eigenvalue weighted by molar-refractivity contribution is 5.83. The number of nitrogens with one attached hydrogen (secondary N) is 1. The topological polar surface area (TPSA) is 131 Å². The second-order valence-corrected chi connectivity index (χ2v) is 7.44. The average Bonchev–Trinajstić information content (AvgIpc) is 3.31. The van der Waals surface area contributed by atoms with E-state index in [0.29, 0.717) is 24.3 Å². The molecule has 154 valence electrons. The zero-order chi connectivity index (χ0) is 20.7. The zero-order valence-electron chi connectivity index (χ0n) is 16.1. The van der Waals surface area contributed by atoms with Crippen LogP contribution in [0, 0.1) is 0 Å². The normalized spacial score (nSPS) is 24.1. The number of fused-ring (bicyclic) bond motifs is 2. The van der Waals surface area contributed by atoms with Crippen LogP contribution in [0.3, 0.4) is 0 Å². The Balaban J connectivity index is 1.27. The number of benzene rings is 2. The molecule has 1 aliphatic rings. The van der Waals surface area contributed by atoms with E-state index >= 15 is 0 Å². The second-order valence-electron chi connectivity index (χ2n) is 7.44. The predicted molar refractivity (Wildman–Crippen MR) is 111 cm³/mol. The van der Waals surface area contributed by atoms with Crippen molar-refractivity contribution in [3.8, 4) is 0 Å². The summed E-state index contributed by atoms with van der Waals surface area (Å²) in [5.74, 6) is 0.250. The highest BCUT2D eigenvalue weighted by Crippen LogP contribution is 2.31. The highest BCUT2D eigenvalue weighted by Gasteiger charge is 2.44. The number of aromatic nitrogens is 4. The Morgan fingerprint density at radius 3 is 2.73 bits per heavy atom. The number of nitrogens with zero attached hydrogens (tertiary/aromatic N) is 4. The van der Waals surface area contributed by atoms with E-state index in [1.54, 1.807) is 4.57 Å². The monoisotopic (exact) mass is 406 g/mol. The van der Waals surface area contributed by atoms with Crippen LogP contribution in [0.15, 0.2) is 55.1 Å². The average molecular weight is 406 g/mol. The van der Waals surface area contributed by atoms with Gasteiger partial charge < -0.3 is 26.0 Å². The molecule has 9 heteroatoms. The minimum Gasteiger partial charge on any atom is -0.387 e. The summed E-state index contributed by atoms with van der Waals surface area (Å²) in [4.78, 5) is 12.3. The molecule has 9 nitrogen and oxygen atoms in total. The fraction of sp³-hybridized carbons (Fsp3) is 0.286. The van der Waals surface area contributed by atoms with Gasteiger partial charge in [-0.2, -0.15) is 0 Å². The molecule has 0 aliphatic carbocycles. The minimum atomic E-state index is -1.12. The number of aliphatic hydroxyl groups excluding tert-OH is 2. The number of imidazole rings is 1. The maximum atomic E-state index is 10.5. The van der Waals surface area contributed by atoms with Gasteiger partial charge in [0.25, 0.3) is 0 Å². The van der Waals surface area contributed by atoms with E-state index in [9.17, 15) is 10.2 Å². The summed E-state index contributed by atoms with van der Waals surface area (Å²) in [7, 11) is 0. The molecule has 4 atom stereocenters. The van der Waals surface area contributed by atoms with Gasteiger partial charge >= 0.3 is 0 Å². The Labute approximate surface area is 172 Å². The van der Waals surface area contributed by atoms with E-state index in [4.69, 9.17) is 10.5 Å². The van der Waals surface area contributed by atoms with Gasteiger partial charge in [-0.15, -0.1) is 0 Å². The molecule has 4 aromatic rings.